The quantitative estimate of drug-likeness (QED) is 0.544. The fourth-order valence-electron chi connectivity index (χ4n) is 6.21. The van der Waals surface area contributed by atoms with Crippen molar-refractivity contribution in [2.75, 3.05) is 13.2 Å². The van der Waals surface area contributed by atoms with Crippen LogP contribution in [0.5, 0.6) is 0 Å². The summed E-state index contributed by atoms with van der Waals surface area (Å²) in [4.78, 5) is 27.8. The van der Waals surface area contributed by atoms with Crippen molar-refractivity contribution in [2.45, 2.75) is 89.6 Å². The van der Waals surface area contributed by atoms with E-state index in [9.17, 15) is 14.9 Å². The van der Waals surface area contributed by atoms with Gasteiger partial charge in [0.05, 0.1) is 12.3 Å². The number of fused-ring (bicyclic) bond motifs is 2. The third-order valence-electron chi connectivity index (χ3n) is 8.16. The van der Waals surface area contributed by atoms with Gasteiger partial charge in [-0.05, 0) is 81.9 Å². The minimum absolute atomic E-state index is 0.0185. The summed E-state index contributed by atoms with van der Waals surface area (Å²) in [5, 5.41) is 17.0. The number of carbonyl (C=O) groups excluding carboxylic acids is 2. The molecule has 2 bridgehead atoms. The fourth-order valence-corrected chi connectivity index (χ4v) is 6.21. The first kappa shape index (κ1) is 28.1. The molecule has 1 saturated carbocycles. The number of halogens is 1. The van der Waals surface area contributed by atoms with E-state index in [0.29, 0.717) is 17.0 Å². The summed E-state index contributed by atoms with van der Waals surface area (Å²) >= 11 is 0. The molecule has 0 radical (unpaired) electrons. The summed E-state index contributed by atoms with van der Waals surface area (Å²) in [7, 11) is 0. The number of rotatable bonds is 7. The van der Waals surface area contributed by atoms with Gasteiger partial charge < -0.3 is 14.8 Å². The lowest BCUT2D eigenvalue weighted by atomic mass is 9.97. The molecule has 2 aliphatic heterocycles. The van der Waals surface area contributed by atoms with E-state index >= 15 is 4.39 Å². The Morgan fingerprint density at radius 3 is 2.70 bits per heavy atom. The monoisotopic (exact) mass is 551 g/mol. The van der Waals surface area contributed by atoms with Gasteiger partial charge in [-0.1, -0.05) is 12.1 Å². The Kier molecular flexibility index (Phi) is 8.13. The van der Waals surface area contributed by atoms with Crippen LogP contribution in [0.2, 0.25) is 0 Å². The minimum Gasteiger partial charge on any atom is -0.444 e. The Morgan fingerprint density at radius 1 is 1.23 bits per heavy atom. The third-order valence-corrected chi connectivity index (χ3v) is 8.16. The number of nitrogens with one attached hydrogen (secondary N) is 1. The molecule has 9 nitrogen and oxygen atoms in total. The molecule has 3 fully saturated rings. The van der Waals surface area contributed by atoms with E-state index in [1.54, 1.807) is 37.9 Å². The van der Waals surface area contributed by atoms with Crippen molar-refractivity contribution in [2.24, 2.45) is 11.8 Å². The van der Waals surface area contributed by atoms with E-state index in [0.717, 1.165) is 57.4 Å². The van der Waals surface area contributed by atoms with Gasteiger partial charge in [0.2, 0.25) is 5.91 Å². The summed E-state index contributed by atoms with van der Waals surface area (Å²) in [5.74, 6) is -0.285. The number of likely N-dealkylation sites (tertiary alicyclic amines) is 1. The molecule has 0 unspecified atom stereocenters. The standard InChI is InChI=1S/C30H38FN5O4/c1-30(2,3)40-29(38)36-25-7-6-22(13-25)27(36)28(37)34-24(15-32)12-21-5-4-20(14-26(21)31)23-16-33-35(18-23)17-19-8-10-39-11-9-19/h4-5,14,16,18-19,22,24-25,27H,6-13,17H2,1-3H3,(H,34,37)/t22-,24-,25+,27-/m0/s1. The number of carbonyl (C=O) groups is 2. The van der Waals surface area contributed by atoms with Crippen LogP contribution < -0.4 is 5.32 Å². The number of benzene rings is 1. The maximum absolute atomic E-state index is 15.2. The molecule has 3 aliphatic rings. The number of hydrogen-bond donors (Lipinski definition) is 1. The molecule has 1 aromatic heterocycles. The van der Waals surface area contributed by atoms with Gasteiger partial charge in [0, 0.05) is 44.0 Å². The van der Waals surface area contributed by atoms with Crippen molar-refractivity contribution < 1.29 is 23.5 Å². The number of piperidine rings is 1. The smallest absolute Gasteiger partial charge is 0.411 e. The van der Waals surface area contributed by atoms with Crippen LogP contribution in [0.4, 0.5) is 9.18 Å². The second kappa shape index (κ2) is 11.6. The second-order valence-corrected chi connectivity index (χ2v) is 12.3. The van der Waals surface area contributed by atoms with Crippen molar-refractivity contribution in [1.82, 2.24) is 20.0 Å². The minimum atomic E-state index is -0.935. The molecule has 2 saturated heterocycles. The average molecular weight is 552 g/mol. The molecule has 1 N–H and O–H groups in total. The molecule has 4 atom stereocenters. The van der Waals surface area contributed by atoms with Crippen LogP contribution >= 0.6 is 0 Å². The molecule has 2 amide bonds. The number of amides is 2. The highest BCUT2D eigenvalue weighted by atomic mass is 19.1. The van der Waals surface area contributed by atoms with Crippen LogP contribution in [0.15, 0.2) is 30.6 Å². The molecule has 1 aromatic carbocycles. The van der Waals surface area contributed by atoms with E-state index in [-0.39, 0.29) is 18.4 Å². The largest absolute Gasteiger partial charge is 0.444 e. The van der Waals surface area contributed by atoms with Crippen molar-refractivity contribution >= 4 is 12.0 Å². The van der Waals surface area contributed by atoms with Crippen molar-refractivity contribution in [3.05, 3.63) is 42.0 Å². The maximum Gasteiger partial charge on any atom is 0.411 e. The lowest BCUT2D eigenvalue weighted by Crippen LogP contribution is -2.55. The number of ether oxygens (including phenoxy) is 2. The Labute approximate surface area is 234 Å². The van der Waals surface area contributed by atoms with Gasteiger partial charge >= 0.3 is 6.09 Å². The molecule has 5 rings (SSSR count). The van der Waals surface area contributed by atoms with E-state index in [4.69, 9.17) is 9.47 Å². The third kappa shape index (κ3) is 6.30. The Balaban J connectivity index is 1.22. The van der Waals surface area contributed by atoms with Crippen LogP contribution in [0, 0.1) is 29.0 Å². The summed E-state index contributed by atoms with van der Waals surface area (Å²) in [6.07, 6.45) is 7.62. The highest BCUT2D eigenvalue weighted by Gasteiger charge is 2.52. The molecule has 0 spiro atoms. The normalized spacial score (nSPS) is 23.6. The molecule has 3 heterocycles. The van der Waals surface area contributed by atoms with Crippen LogP contribution in [-0.4, -0.2) is 63.6 Å². The average Bonchev–Trinajstić information content (AvgIpc) is 3.65. The predicted octanol–water partition coefficient (Wildman–Crippen LogP) is 4.45. The van der Waals surface area contributed by atoms with Gasteiger partial charge in [-0.3, -0.25) is 14.4 Å². The lowest BCUT2D eigenvalue weighted by molar-refractivity contribution is -0.128. The van der Waals surface area contributed by atoms with Crippen molar-refractivity contribution in [3.63, 3.8) is 0 Å². The Hall–Kier alpha value is -3.45. The second-order valence-electron chi connectivity index (χ2n) is 12.3. The SMILES string of the molecule is CC(C)(C)OC(=O)N1[C@@H]2CC[C@@H](C2)[C@H]1C(=O)N[C@H](C#N)Cc1ccc(-c2cnn(CC3CCOCC3)c2)cc1F. The molecule has 40 heavy (non-hydrogen) atoms. The zero-order valence-electron chi connectivity index (χ0n) is 23.4. The Morgan fingerprint density at radius 2 is 2.00 bits per heavy atom. The zero-order valence-corrected chi connectivity index (χ0v) is 23.4. The first-order valence-electron chi connectivity index (χ1n) is 14.2. The van der Waals surface area contributed by atoms with Gasteiger partial charge in [-0.2, -0.15) is 10.4 Å². The summed E-state index contributed by atoms with van der Waals surface area (Å²) < 4.78 is 28.1. The van der Waals surface area contributed by atoms with E-state index in [1.807, 2.05) is 16.9 Å². The number of nitrogens with zero attached hydrogens (tertiary/aromatic N) is 4. The van der Waals surface area contributed by atoms with Crippen LogP contribution in [0.25, 0.3) is 11.1 Å². The number of aromatic nitrogens is 2. The topological polar surface area (TPSA) is 109 Å². The first-order valence-corrected chi connectivity index (χ1v) is 14.2. The Bertz CT molecular complexity index is 1280. The molecular formula is C30H38FN5O4. The molecular weight excluding hydrogens is 513 g/mol. The lowest BCUT2D eigenvalue weighted by Gasteiger charge is -2.35. The predicted molar refractivity (Wildman–Crippen MR) is 145 cm³/mol. The van der Waals surface area contributed by atoms with E-state index < -0.39 is 35.5 Å². The molecule has 1 aliphatic carbocycles. The zero-order chi connectivity index (χ0) is 28.4. The molecule has 10 heteroatoms. The number of nitriles is 1. The summed E-state index contributed by atoms with van der Waals surface area (Å²) in [5.41, 5.74) is 1.18. The number of hydrogen-bond acceptors (Lipinski definition) is 6. The molecule has 214 valence electrons. The van der Waals surface area contributed by atoms with Crippen LogP contribution in [0.1, 0.15) is 58.4 Å². The summed E-state index contributed by atoms with van der Waals surface area (Å²) in [6.45, 7) is 7.73. The van der Waals surface area contributed by atoms with Gasteiger partial charge in [-0.25, -0.2) is 9.18 Å². The van der Waals surface area contributed by atoms with Gasteiger partial charge in [0.15, 0.2) is 0 Å². The molecule has 2 aromatic rings. The first-order chi connectivity index (χ1) is 19.1. The van der Waals surface area contributed by atoms with Gasteiger partial charge in [-0.15, -0.1) is 0 Å². The van der Waals surface area contributed by atoms with Crippen molar-refractivity contribution in [3.8, 4) is 17.2 Å². The highest BCUT2D eigenvalue weighted by molar-refractivity contribution is 5.87. The van der Waals surface area contributed by atoms with Crippen LogP contribution in [0.3, 0.4) is 0 Å². The summed E-state index contributed by atoms with van der Waals surface area (Å²) in [6, 6.07) is 5.34. The van der Waals surface area contributed by atoms with E-state index in [1.165, 1.54) is 6.07 Å². The van der Waals surface area contributed by atoms with Gasteiger partial charge in [0.1, 0.15) is 23.5 Å². The van der Waals surface area contributed by atoms with E-state index in [2.05, 4.69) is 16.5 Å². The van der Waals surface area contributed by atoms with Gasteiger partial charge in [0.25, 0.3) is 0 Å². The fraction of sp³-hybridized carbons (Fsp3) is 0.600. The van der Waals surface area contributed by atoms with Crippen LogP contribution in [-0.2, 0) is 27.2 Å². The van der Waals surface area contributed by atoms with Crippen molar-refractivity contribution in [1.29, 1.82) is 5.26 Å². The highest BCUT2D eigenvalue weighted by Crippen LogP contribution is 2.43. The maximum atomic E-state index is 15.2.